The topological polar surface area (TPSA) is 76.7 Å². The fourth-order valence-electron chi connectivity index (χ4n) is 1.22. The van der Waals surface area contributed by atoms with E-state index in [1.807, 2.05) is 5.32 Å². The van der Waals surface area contributed by atoms with Gasteiger partial charge in [0.05, 0.1) is 0 Å². The molecule has 100 valence electrons. The monoisotopic (exact) mass is 293 g/mol. The number of nitrogens with one attached hydrogen (secondary N) is 1. The molecule has 5 nitrogen and oxygen atoms in total. The van der Waals surface area contributed by atoms with Crippen molar-refractivity contribution in [3.63, 3.8) is 0 Å². The van der Waals surface area contributed by atoms with Crippen molar-refractivity contribution in [2.75, 3.05) is 11.1 Å². The number of rotatable bonds is 2. The lowest BCUT2D eigenvalue weighted by atomic mass is 10.2. The minimum Gasteiger partial charge on any atom is -0.368 e. The molecule has 0 saturated carbocycles. The van der Waals surface area contributed by atoms with Gasteiger partial charge >= 0.3 is 0 Å². The molecule has 0 radical (unpaired) electrons. The Labute approximate surface area is 108 Å². The Hall–Kier alpha value is -2.16. The van der Waals surface area contributed by atoms with E-state index in [1.165, 1.54) is 0 Å². The molecule has 2 aromatic rings. The Kier molecular flexibility index (Phi) is 3.38. The van der Waals surface area contributed by atoms with Crippen molar-refractivity contribution in [2.45, 2.75) is 0 Å². The number of hydrogen-bond acceptors (Lipinski definition) is 5. The van der Waals surface area contributed by atoms with Crippen LogP contribution in [-0.2, 0) is 0 Å². The molecule has 1 heterocycles. The Morgan fingerprint density at radius 2 is 1.58 bits per heavy atom. The molecule has 2 rings (SSSR count). The van der Waals surface area contributed by atoms with Gasteiger partial charge in [0.15, 0.2) is 23.3 Å². The number of benzene rings is 1. The van der Waals surface area contributed by atoms with E-state index in [0.717, 1.165) is 0 Å². The third-order valence-electron chi connectivity index (χ3n) is 1.97. The SMILES string of the molecule is Nc1nc(Cl)nc(Nc2c(F)c(F)cc(F)c2F)n1. The van der Waals surface area contributed by atoms with Crippen LogP contribution >= 0.6 is 11.6 Å². The highest BCUT2D eigenvalue weighted by Crippen LogP contribution is 2.26. The lowest BCUT2D eigenvalue weighted by molar-refractivity contribution is 0.459. The van der Waals surface area contributed by atoms with Crippen LogP contribution in [0.1, 0.15) is 0 Å². The minimum atomic E-state index is -1.63. The second-order valence-electron chi connectivity index (χ2n) is 3.25. The lowest BCUT2D eigenvalue weighted by Crippen LogP contribution is -2.07. The van der Waals surface area contributed by atoms with Gasteiger partial charge in [0, 0.05) is 6.07 Å². The molecule has 0 bridgehead atoms. The zero-order valence-corrected chi connectivity index (χ0v) is 9.64. The summed E-state index contributed by atoms with van der Waals surface area (Å²) in [6.07, 6.45) is 0. The van der Waals surface area contributed by atoms with Crippen LogP contribution in [0.25, 0.3) is 0 Å². The number of halogens is 5. The smallest absolute Gasteiger partial charge is 0.233 e. The number of nitrogen functional groups attached to an aromatic ring is 1. The van der Waals surface area contributed by atoms with Crippen LogP contribution in [0.2, 0.25) is 5.28 Å². The Morgan fingerprint density at radius 3 is 2.11 bits per heavy atom. The van der Waals surface area contributed by atoms with Gasteiger partial charge in [-0.3, -0.25) is 0 Å². The summed E-state index contributed by atoms with van der Waals surface area (Å²) in [6.45, 7) is 0. The van der Waals surface area contributed by atoms with Crippen LogP contribution in [-0.4, -0.2) is 15.0 Å². The van der Waals surface area contributed by atoms with E-state index in [9.17, 15) is 17.6 Å². The highest BCUT2D eigenvalue weighted by Gasteiger charge is 2.20. The molecule has 0 aliphatic rings. The predicted octanol–water partition coefficient (Wildman–Crippen LogP) is 2.41. The van der Waals surface area contributed by atoms with Gasteiger partial charge in [-0.05, 0) is 11.6 Å². The van der Waals surface area contributed by atoms with Gasteiger partial charge in [-0.2, -0.15) is 15.0 Å². The first-order chi connectivity index (χ1) is 8.88. The average molecular weight is 294 g/mol. The summed E-state index contributed by atoms with van der Waals surface area (Å²) in [7, 11) is 0. The predicted molar refractivity (Wildman–Crippen MR) is 58.8 cm³/mol. The van der Waals surface area contributed by atoms with Crippen molar-refractivity contribution >= 4 is 29.2 Å². The maximum absolute atomic E-state index is 13.3. The van der Waals surface area contributed by atoms with Gasteiger partial charge < -0.3 is 11.1 Å². The number of nitrogens with two attached hydrogens (primary N) is 1. The summed E-state index contributed by atoms with van der Waals surface area (Å²) in [4.78, 5) is 10.3. The molecule has 0 spiro atoms. The molecule has 1 aromatic carbocycles. The molecule has 3 N–H and O–H groups in total. The van der Waals surface area contributed by atoms with Crippen LogP contribution in [0, 0.1) is 23.3 Å². The first kappa shape index (κ1) is 13.3. The Morgan fingerprint density at radius 1 is 1.00 bits per heavy atom. The fraction of sp³-hybridized carbons (Fsp3) is 0. The second-order valence-corrected chi connectivity index (χ2v) is 3.59. The van der Waals surface area contributed by atoms with Gasteiger partial charge in [0.1, 0.15) is 5.69 Å². The Bertz CT molecular complexity index is 604. The number of anilines is 3. The molecule has 10 heteroatoms. The number of aromatic nitrogens is 3. The quantitative estimate of drug-likeness (QED) is 0.657. The van der Waals surface area contributed by atoms with E-state index >= 15 is 0 Å². The van der Waals surface area contributed by atoms with Gasteiger partial charge in [0.2, 0.25) is 17.2 Å². The molecule has 0 aliphatic carbocycles. The molecule has 0 saturated heterocycles. The summed E-state index contributed by atoms with van der Waals surface area (Å²) in [5.74, 6) is -7.20. The van der Waals surface area contributed by atoms with E-state index in [1.54, 1.807) is 0 Å². The maximum Gasteiger partial charge on any atom is 0.233 e. The molecule has 0 fully saturated rings. The molecule has 0 atom stereocenters. The normalized spacial score (nSPS) is 10.6. The van der Waals surface area contributed by atoms with Crippen LogP contribution in [0.5, 0.6) is 0 Å². The van der Waals surface area contributed by atoms with Crippen molar-refractivity contribution in [3.05, 3.63) is 34.6 Å². The average Bonchev–Trinajstić information content (AvgIpc) is 2.31. The highest BCUT2D eigenvalue weighted by molar-refractivity contribution is 6.28. The van der Waals surface area contributed by atoms with Crippen molar-refractivity contribution in [2.24, 2.45) is 0 Å². The first-order valence-electron chi connectivity index (χ1n) is 4.65. The van der Waals surface area contributed by atoms with Crippen molar-refractivity contribution in [1.82, 2.24) is 15.0 Å². The van der Waals surface area contributed by atoms with Gasteiger partial charge in [-0.1, -0.05) is 0 Å². The van der Waals surface area contributed by atoms with E-state index < -0.39 is 34.9 Å². The van der Waals surface area contributed by atoms with E-state index in [-0.39, 0.29) is 17.3 Å². The van der Waals surface area contributed by atoms with Crippen LogP contribution in [0.15, 0.2) is 6.07 Å². The molecule has 1 aromatic heterocycles. The molecular formula is C9H4ClF4N5. The zero-order chi connectivity index (χ0) is 14.2. The van der Waals surface area contributed by atoms with Gasteiger partial charge in [-0.15, -0.1) is 0 Å². The molecule has 19 heavy (non-hydrogen) atoms. The standard InChI is InChI=1S/C9H4ClF4N5/c10-7-17-8(15)19-9(18-7)16-6-4(13)2(11)1-3(12)5(6)14/h1H,(H3,15,16,17,18,19). The zero-order valence-electron chi connectivity index (χ0n) is 8.89. The van der Waals surface area contributed by atoms with E-state index in [4.69, 9.17) is 17.3 Å². The number of nitrogens with zero attached hydrogens (tertiary/aromatic N) is 3. The van der Waals surface area contributed by atoms with Crippen LogP contribution in [0.3, 0.4) is 0 Å². The number of hydrogen-bond donors (Lipinski definition) is 2. The van der Waals surface area contributed by atoms with E-state index in [0.29, 0.717) is 0 Å². The van der Waals surface area contributed by atoms with Crippen LogP contribution < -0.4 is 11.1 Å². The first-order valence-corrected chi connectivity index (χ1v) is 5.03. The minimum absolute atomic E-state index is 0.0740. The third-order valence-corrected chi connectivity index (χ3v) is 2.14. The van der Waals surface area contributed by atoms with Crippen molar-refractivity contribution < 1.29 is 17.6 Å². The molecule has 0 aliphatic heterocycles. The second kappa shape index (κ2) is 4.84. The lowest BCUT2D eigenvalue weighted by Gasteiger charge is -2.08. The van der Waals surface area contributed by atoms with Gasteiger partial charge in [-0.25, -0.2) is 17.6 Å². The summed E-state index contributed by atoms with van der Waals surface area (Å²) in [6, 6.07) is 0.0740. The summed E-state index contributed by atoms with van der Waals surface area (Å²) in [5, 5.41) is 1.59. The largest absolute Gasteiger partial charge is 0.368 e. The fourth-order valence-corrected chi connectivity index (χ4v) is 1.38. The molecule has 0 unspecified atom stereocenters. The van der Waals surface area contributed by atoms with Crippen molar-refractivity contribution in [3.8, 4) is 0 Å². The summed E-state index contributed by atoms with van der Waals surface area (Å²) in [5.41, 5.74) is 4.13. The molecular weight excluding hydrogens is 290 g/mol. The Balaban J connectivity index is 2.49. The van der Waals surface area contributed by atoms with Crippen LogP contribution in [0.4, 0.5) is 35.1 Å². The summed E-state index contributed by atoms with van der Waals surface area (Å²) >= 11 is 5.44. The molecule has 0 amide bonds. The van der Waals surface area contributed by atoms with Gasteiger partial charge in [0.25, 0.3) is 0 Å². The maximum atomic E-state index is 13.3. The highest BCUT2D eigenvalue weighted by atomic mass is 35.5. The third kappa shape index (κ3) is 2.65. The van der Waals surface area contributed by atoms with Crippen molar-refractivity contribution in [1.29, 1.82) is 0 Å². The summed E-state index contributed by atoms with van der Waals surface area (Å²) < 4.78 is 52.6. The van der Waals surface area contributed by atoms with E-state index in [2.05, 4.69) is 15.0 Å².